The number of H-pyrrole nitrogens is 1. The lowest BCUT2D eigenvalue weighted by atomic mass is 10.3. The first-order valence-electron chi connectivity index (χ1n) is 5.54. The Morgan fingerprint density at radius 3 is 3.12 bits per heavy atom. The fourth-order valence-electron chi connectivity index (χ4n) is 1.62. The van der Waals surface area contributed by atoms with Crippen LogP contribution >= 0.6 is 0 Å². The van der Waals surface area contributed by atoms with Crippen LogP contribution in [0.5, 0.6) is 0 Å². The van der Waals surface area contributed by atoms with Gasteiger partial charge in [-0.2, -0.15) is 0 Å². The van der Waals surface area contributed by atoms with E-state index in [1.54, 1.807) is 0 Å². The van der Waals surface area contributed by atoms with Crippen LogP contribution in [0.25, 0.3) is 11.0 Å². The topological polar surface area (TPSA) is 83.1 Å². The zero-order valence-corrected chi connectivity index (χ0v) is 9.73. The molecule has 0 bridgehead atoms. The predicted molar refractivity (Wildman–Crippen MR) is 65.0 cm³/mol. The number of hydrogen-bond acceptors (Lipinski definition) is 5. The van der Waals surface area contributed by atoms with Gasteiger partial charge < -0.3 is 20.1 Å². The minimum atomic E-state index is 0.0504. The zero-order valence-electron chi connectivity index (χ0n) is 9.73. The van der Waals surface area contributed by atoms with Gasteiger partial charge in [0, 0.05) is 12.2 Å². The van der Waals surface area contributed by atoms with Crippen molar-refractivity contribution in [1.29, 1.82) is 0 Å². The van der Waals surface area contributed by atoms with E-state index in [0.29, 0.717) is 19.8 Å². The number of aliphatic hydroxyl groups excluding tert-OH is 1. The molecule has 0 aromatic carbocycles. The number of rotatable bonds is 6. The summed E-state index contributed by atoms with van der Waals surface area (Å²) in [6.45, 7) is 3.58. The molecule has 0 unspecified atom stereocenters. The number of aryl methyl sites for hydroxylation is 1. The van der Waals surface area contributed by atoms with Crippen LogP contribution in [0.4, 0.5) is 5.82 Å². The summed E-state index contributed by atoms with van der Waals surface area (Å²) in [4.78, 5) is 11.5. The molecule has 92 valence electrons. The van der Waals surface area contributed by atoms with Crippen molar-refractivity contribution in [3.8, 4) is 0 Å². The maximum Gasteiger partial charge on any atom is 0.143 e. The molecular formula is C11H16N4O2. The Balaban J connectivity index is 1.98. The Morgan fingerprint density at radius 2 is 2.29 bits per heavy atom. The van der Waals surface area contributed by atoms with E-state index in [-0.39, 0.29) is 6.61 Å². The Bertz CT molecular complexity index is 483. The highest BCUT2D eigenvalue weighted by molar-refractivity contribution is 5.87. The largest absolute Gasteiger partial charge is 0.394 e. The first-order valence-corrected chi connectivity index (χ1v) is 5.54. The van der Waals surface area contributed by atoms with Gasteiger partial charge in [-0.3, -0.25) is 0 Å². The van der Waals surface area contributed by atoms with E-state index in [2.05, 4.69) is 20.3 Å². The van der Waals surface area contributed by atoms with Crippen molar-refractivity contribution in [2.75, 3.05) is 31.7 Å². The van der Waals surface area contributed by atoms with Gasteiger partial charge in [0.25, 0.3) is 0 Å². The summed E-state index contributed by atoms with van der Waals surface area (Å²) in [6, 6.07) is 2.01. The van der Waals surface area contributed by atoms with Gasteiger partial charge in [0.1, 0.15) is 17.8 Å². The second kappa shape index (κ2) is 5.60. The van der Waals surface area contributed by atoms with Gasteiger partial charge in [0.15, 0.2) is 0 Å². The van der Waals surface area contributed by atoms with E-state index < -0.39 is 0 Å². The first kappa shape index (κ1) is 11.8. The Hall–Kier alpha value is -1.66. The number of anilines is 1. The number of hydrogen-bond donors (Lipinski definition) is 3. The van der Waals surface area contributed by atoms with Gasteiger partial charge in [-0.05, 0) is 13.0 Å². The van der Waals surface area contributed by atoms with E-state index in [9.17, 15) is 0 Å². The summed E-state index contributed by atoms with van der Waals surface area (Å²) >= 11 is 0. The van der Waals surface area contributed by atoms with Crippen LogP contribution in [0.15, 0.2) is 12.4 Å². The van der Waals surface area contributed by atoms with Crippen molar-refractivity contribution in [2.45, 2.75) is 6.92 Å². The third-order valence-corrected chi connectivity index (χ3v) is 2.33. The third-order valence-electron chi connectivity index (χ3n) is 2.33. The Morgan fingerprint density at radius 1 is 1.41 bits per heavy atom. The Labute approximate surface area is 99.0 Å². The fraction of sp³-hybridized carbons (Fsp3) is 0.455. The summed E-state index contributed by atoms with van der Waals surface area (Å²) in [7, 11) is 0. The monoisotopic (exact) mass is 236 g/mol. The molecule has 0 aliphatic heterocycles. The fourth-order valence-corrected chi connectivity index (χ4v) is 1.62. The second-order valence-electron chi connectivity index (χ2n) is 3.70. The van der Waals surface area contributed by atoms with Gasteiger partial charge in [-0.25, -0.2) is 9.97 Å². The molecule has 0 aliphatic rings. The van der Waals surface area contributed by atoms with Crippen molar-refractivity contribution >= 4 is 16.9 Å². The maximum atomic E-state index is 8.56. The van der Waals surface area contributed by atoms with Crippen LogP contribution in [-0.2, 0) is 4.74 Å². The average Bonchev–Trinajstić information content (AvgIpc) is 2.70. The number of nitrogens with one attached hydrogen (secondary N) is 2. The van der Waals surface area contributed by atoms with Gasteiger partial charge in [0.05, 0.1) is 25.2 Å². The predicted octanol–water partition coefficient (Wildman–Crippen LogP) is 0.687. The molecule has 0 radical (unpaired) electrons. The summed E-state index contributed by atoms with van der Waals surface area (Å²) in [5.74, 6) is 0.798. The van der Waals surface area contributed by atoms with Gasteiger partial charge in [-0.15, -0.1) is 0 Å². The van der Waals surface area contributed by atoms with E-state index in [1.807, 2.05) is 13.0 Å². The molecule has 3 N–H and O–H groups in total. The first-order chi connectivity index (χ1) is 8.31. The lowest BCUT2D eigenvalue weighted by Gasteiger charge is -2.06. The van der Waals surface area contributed by atoms with Crippen molar-refractivity contribution in [1.82, 2.24) is 15.0 Å². The number of ether oxygens (including phenoxy) is 1. The van der Waals surface area contributed by atoms with Crippen LogP contribution < -0.4 is 5.32 Å². The number of aromatic nitrogens is 3. The minimum absolute atomic E-state index is 0.0504. The molecule has 0 spiro atoms. The Kier molecular flexibility index (Phi) is 3.89. The summed E-state index contributed by atoms with van der Waals surface area (Å²) in [5, 5.41) is 12.7. The molecule has 0 aliphatic carbocycles. The van der Waals surface area contributed by atoms with E-state index >= 15 is 0 Å². The average molecular weight is 236 g/mol. The molecule has 0 saturated carbocycles. The lowest BCUT2D eigenvalue weighted by Crippen LogP contribution is -2.12. The van der Waals surface area contributed by atoms with Crippen LogP contribution in [0.2, 0.25) is 0 Å². The molecule has 17 heavy (non-hydrogen) atoms. The van der Waals surface area contributed by atoms with Crippen molar-refractivity contribution in [3.05, 3.63) is 18.1 Å². The molecule has 2 aromatic heterocycles. The molecule has 0 atom stereocenters. The summed E-state index contributed by atoms with van der Waals surface area (Å²) in [6.07, 6.45) is 1.52. The normalized spacial score (nSPS) is 10.9. The highest BCUT2D eigenvalue weighted by Gasteiger charge is 2.05. The molecule has 2 heterocycles. The quantitative estimate of drug-likeness (QED) is 0.643. The van der Waals surface area contributed by atoms with Gasteiger partial charge >= 0.3 is 0 Å². The smallest absolute Gasteiger partial charge is 0.143 e. The maximum absolute atomic E-state index is 8.56. The van der Waals surface area contributed by atoms with Crippen molar-refractivity contribution in [2.24, 2.45) is 0 Å². The van der Waals surface area contributed by atoms with Gasteiger partial charge in [0.2, 0.25) is 0 Å². The number of aliphatic hydroxyl groups is 1. The molecule has 6 heteroatoms. The number of aromatic amines is 1. The third kappa shape index (κ3) is 2.92. The summed E-state index contributed by atoms with van der Waals surface area (Å²) < 4.78 is 5.16. The number of fused-ring (bicyclic) bond motifs is 1. The standard InChI is InChI=1S/C11H16N4O2/c1-8-6-9-10(12-2-4-17-5-3-16)13-7-14-11(9)15-8/h6-7,16H,2-5H2,1H3,(H2,12,13,14,15). The SMILES string of the molecule is Cc1cc2c(NCCOCCO)ncnc2[nH]1. The zero-order chi connectivity index (χ0) is 12.1. The molecule has 2 aromatic rings. The van der Waals surface area contributed by atoms with Crippen LogP contribution in [0.1, 0.15) is 5.69 Å². The van der Waals surface area contributed by atoms with E-state index in [1.165, 1.54) is 6.33 Å². The van der Waals surface area contributed by atoms with Crippen LogP contribution in [0.3, 0.4) is 0 Å². The van der Waals surface area contributed by atoms with Crippen molar-refractivity contribution < 1.29 is 9.84 Å². The van der Waals surface area contributed by atoms with Gasteiger partial charge in [-0.1, -0.05) is 0 Å². The second-order valence-corrected chi connectivity index (χ2v) is 3.70. The van der Waals surface area contributed by atoms with Crippen molar-refractivity contribution in [3.63, 3.8) is 0 Å². The molecule has 0 fully saturated rings. The molecular weight excluding hydrogens is 220 g/mol. The number of nitrogens with zero attached hydrogens (tertiary/aromatic N) is 2. The van der Waals surface area contributed by atoms with E-state index in [4.69, 9.17) is 9.84 Å². The minimum Gasteiger partial charge on any atom is -0.394 e. The highest BCUT2D eigenvalue weighted by Crippen LogP contribution is 2.19. The van der Waals surface area contributed by atoms with Crippen LogP contribution in [-0.4, -0.2) is 46.4 Å². The van der Waals surface area contributed by atoms with E-state index in [0.717, 1.165) is 22.5 Å². The molecule has 6 nitrogen and oxygen atoms in total. The molecule has 0 amide bonds. The lowest BCUT2D eigenvalue weighted by molar-refractivity contribution is 0.0992. The summed E-state index contributed by atoms with van der Waals surface area (Å²) in [5.41, 5.74) is 1.89. The molecule has 2 rings (SSSR count). The molecule has 0 saturated heterocycles. The highest BCUT2D eigenvalue weighted by atomic mass is 16.5. The van der Waals surface area contributed by atoms with Crippen LogP contribution in [0, 0.1) is 6.92 Å².